The van der Waals surface area contributed by atoms with Crippen molar-refractivity contribution in [1.29, 1.82) is 0 Å². The van der Waals surface area contributed by atoms with Crippen molar-refractivity contribution in [2.24, 2.45) is 0 Å². The van der Waals surface area contributed by atoms with E-state index in [2.05, 4.69) is 11.6 Å². The van der Waals surface area contributed by atoms with E-state index in [0.717, 1.165) is 12.8 Å². The van der Waals surface area contributed by atoms with Crippen LogP contribution in [0.15, 0.2) is 0 Å². The second-order valence-electron chi connectivity index (χ2n) is 5.49. The van der Waals surface area contributed by atoms with Gasteiger partial charge in [-0.25, -0.2) is 4.79 Å². The molecule has 100 valence electrons. The largest absolute Gasteiger partial charge is 0.389 e. The second-order valence-corrected chi connectivity index (χ2v) is 6.62. The Morgan fingerprint density at radius 1 is 1.53 bits per heavy atom. The highest BCUT2D eigenvalue weighted by atomic mass is 32.2. The monoisotopic (exact) mass is 260 g/mol. The van der Waals surface area contributed by atoms with Gasteiger partial charge in [-0.3, -0.25) is 0 Å². The molecule has 2 atom stereocenters. The molecule has 1 aliphatic carbocycles. The number of carbonyl (C=O) groups is 1. The fourth-order valence-corrected chi connectivity index (χ4v) is 3.02. The fourth-order valence-electron chi connectivity index (χ4n) is 2.22. The van der Waals surface area contributed by atoms with Crippen molar-refractivity contribution in [2.75, 3.05) is 19.8 Å². The van der Waals surface area contributed by atoms with Crippen LogP contribution in [-0.4, -0.2) is 52.8 Å². The summed E-state index contributed by atoms with van der Waals surface area (Å²) in [4.78, 5) is 13.4. The van der Waals surface area contributed by atoms with Gasteiger partial charge < -0.3 is 15.3 Å². The average Bonchev–Trinajstić information content (AvgIpc) is 2.62. The Morgan fingerprint density at radius 3 is 2.65 bits per heavy atom. The summed E-state index contributed by atoms with van der Waals surface area (Å²) in [6.45, 7) is 3.75. The summed E-state index contributed by atoms with van der Waals surface area (Å²) < 4.78 is 0. The maximum absolute atomic E-state index is 11.9. The van der Waals surface area contributed by atoms with Gasteiger partial charge in [0.05, 0.1) is 12.1 Å². The first-order chi connectivity index (χ1) is 7.81. The first kappa shape index (κ1) is 14.6. The predicted octanol–water partition coefficient (Wildman–Crippen LogP) is 1.68. The van der Waals surface area contributed by atoms with E-state index in [9.17, 15) is 9.90 Å². The Balaban J connectivity index is 2.34. The third-order valence-corrected chi connectivity index (χ3v) is 4.11. The zero-order chi connectivity index (χ0) is 13.1. The van der Waals surface area contributed by atoms with Crippen molar-refractivity contribution in [2.45, 2.75) is 50.0 Å². The molecule has 0 aliphatic heterocycles. The molecule has 0 bridgehead atoms. The molecule has 1 saturated carbocycles. The molecule has 4 nitrogen and oxygen atoms in total. The number of nitrogens with one attached hydrogen (secondary N) is 1. The Bertz CT molecular complexity index is 266. The van der Waals surface area contributed by atoms with Gasteiger partial charge in [0, 0.05) is 18.3 Å². The van der Waals surface area contributed by atoms with E-state index in [0.29, 0.717) is 17.8 Å². The van der Waals surface area contributed by atoms with E-state index in [1.165, 1.54) is 6.42 Å². The zero-order valence-electron chi connectivity index (χ0n) is 11.2. The number of amides is 2. The van der Waals surface area contributed by atoms with Crippen LogP contribution in [0.5, 0.6) is 0 Å². The molecule has 2 amide bonds. The van der Waals surface area contributed by atoms with Gasteiger partial charge in [-0.2, -0.15) is 11.8 Å². The standard InChI is InChI=1S/C12H24N2O2S/c1-12(2,16)8-14(3)11(15)13-9-5-6-10(7-9)17-4/h9-10,16H,5-8H2,1-4H3,(H,13,15). The average molecular weight is 260 g/mol. The molecule has 0 heterocycles. The summed E-state index contributed by atoms with van der Waals surface area (Å²) in [6, 6.07) is 0.211. The Hall–Kier alpha value is -0.420. The van der Waals surface area contributed by atoms with Gasteiger partial charge >= 0.3 is 6.03 Å². The van der Waals surface area contributed by atoms with Crippen LogP contribution in [-0.2, 0) is 0 Å². The Morgan fingerprint density at radius 2 is 2.18 bits per heavy atom. The molecular weight excluding hydrogens is 236 g/mol. The van der Waals surface area contributed by atoms with Gasteiger partial charge in [0.15, 0.2) is 0 Å². The SMILES string of the molecule is CSC1CCC(NC(=O)N(C)CC(C)(C)O)C1. The van der Waals surface area contributed by atoms with Crippen LogP contribution < -0.4 is 5.32 Å². The van der Waals surface area contributed by atoms with Crippen LogP contribution in [0, 0.1) is 0 Å². The van der Waals surface area contributed by atoms with Crippen molar-refractivity contribution in [3.05, 3.63) is 0 Å². The third kappa shape index (κ3) is 5.17. The van der Waals surface area contributed by atoms with Crippen LogP contribution in [0.3, 0.4) is 0 Å². The van der Waals surface area contributed by atoms with E-state index in [4.69, 9.17) is 0 Å². The molecule has 0 aromatic carbocycles. The minimum absolute atomic E-state index is 0.0844. The summed E-state index contributed by atoms with van der Waals surface area (Å²) in [5.41, 5.74) is -0.844. The van der Waals surface area contributed by atoms with Crippen LogP contribution in [0.1, 0.15) is 33.1 Å². The normalized spacial score (nSPS) is 24.8. The smallest absolute Gasteiger partial charge is 0.317 e. The molecular formula is C12H24N2O2S. The Labute approximate surface area is 108 Å². The van der Waals surface area contributed by atoms with E-state index in [1.807, 2.05) is 11.8 Å². The number of thioether (sulfide) groups is 1. The van der Waals surface area contributed by atoms with Crippen molar-refractivity contribution in [3.8, 4) is 0 Å². The molecule has 0 spiro atoms. The highest BCUT2D eigenvalue weighted by Crippen LogP contribution is 2.28. The van der Waals surface area contributed by atoms with Crippen molar-refractivity contribution in [3.63, 3.8) is 0 Å². The van der Waals surface area contributed by atoms with E-state index < -0.39 is 5.60 Å². The quantitative estimate of drug-likeness (QED) is 0.808. The number of nitrogens with zero attached hydrogens (tertiary/aromatic N) is 1. The Kier molecular flexibility index (Phi) is 5.13. The molecule has 2 N–H and O–H groups in total. The number of urea groups is 1. The molecule has 17 heavy (non-hydrogen) atoms. The van der Waals surface area contributed by atoms with Crippen LogP contribution in [0.25, 0.3) is 0 Å². The molecule has 2 unspecified atom stereocenters. The number of likely N-dealkylation sites (N-methyl/N-ethyl adjacent to an activating group) is 1. The lowest BCUT2D eigenvalue weighted by Gasteiger charge is -2.27. The minimum Gasteiger partial charge on any atom is -0.389 e. The summed E-state index contributed by atoms with van der Waals surface area (Å²) in [6.07, 6.45) is 5.42. The maximum Gasteiger partial charge on any atom is 0.317 e. The summed E-state index contributed by atoms with van der Waals surface area (Å²) in [5, 5.41) is 13.4. The molecule has 0 radical (unpaired) electrons. The lowest BCUT2D eigenvalue weighted by molar-refractivity contribution is 0.0528. The van der Waals surface area contributed by atoms with Gasteiger partial charge in [0.2, 0.25) is 0 Å². The molecule has 1 fully saturated rings. The number of hydrogen-bond acceptors (Lipinski definition) is 3. The van der Waals surface area contributed by atoms with Crippen molar-refractivity contribution in [1.82, 2.24) is 10.2 Å². The number of carbonyl (C=O) groups excluding carboxylic acids is 1. The highest BCUT2D eigenvalue weighted by Gasteiger charge is 2.27. The molecule has 5 heteroatoms. The van der Waals surface area contributed by atoms with Gasteiger partial charge in [0.1, 0.15) is 0 Å². The van der Waals surface area contributed by atoms with Gasteiger partial charge in [0.25, 0.3) is 0 Å². The minimum atomic E-state index is -0.844. The van der Waals surface area contributed by atoms with Crippen LogP contribution in [0.4, 0.5) is 4.79 Å². The summed E-state index contributed by atoms with van der Waals surface area (Å²) >= 11 is 1.88. The fraction of sp³-hybridized carbons (Fsp3) is 0.917. The summed E-state index contributed by atoms with van der Waals surface area (Å²) in [7, 11) is 1.72. The van der Waals surface area contributed by atoms with Crippen LogP contribution in [0.2, 0.25) is 0 Å². The molecule has 1 rings (SSSR count). The molecule has 1 aliphatic rings. The number of hydrogen-bond donors (Lipinski definition) is 2. The zero-order valence-corrected chi connectivity index (χ0v) is 12.0. The second kappa shape index (κ2) is 5.96. The lowest BCUT2D eigenvalue weighted by atomic mass is 10.1. The van der Waals surface area contributed by atoms with Crippen molar-refractivity contribution < 1.29 is 9.90 Å². The summed E-state index contributed by atoms with van der Waals surface area (Å²) in [5.74, 6) is 0. The van der Waals surface area contributed by atoms with Gasteiger partial charge in [-0.1, -0.05) is 0 Å². The van der Waals surface area contributed by atoms with E-state index in [1.54, 1.807) is 25.8 Å². The number of aliphatic hydroxyl groups is 1. The first-order valence-corrected chi connectivity index (χ1v) is 7.37. The number of rotatable bonds is 4. The van der Waals surface area contributed by atoms with Crippen molar-refractivity contribution >= 4 is 17.8 Å². The topological polar surface area (TPSA) is 52.6 Å². The van der Waals surface area contributed by atoms with Gasteiger partial charge in [-0.05, 0) is 39.4 Å². The third-order valence-electron chi connectivity index (χ3n) is 3.02. The van der Waals surface area contributed by atoms with E-state index >= 15 is 0 Å². The van der Waals surface area contributed by atoms with Gasteiger partial charge in [-0.15, -0.1) is 0 Å². The first-order valence-electron chi connectivity index (χ1n) is 6.08. The molecule has 0 saturated heterocycles. The predicted molar refractivity (Wildman–Crippen MR) is 72.4 cm³/mol. The molecule has 0 aromatic heterocycles. The van der Waals surface area contributed by atoms with E-state index in [-0.39, 0.29) is 6.03 Å². The highest BCUT2D eigenvalue weighted by molar-refractivity contribution is 7.99. The van der Waals surface area contributed by atoms with Crippen LogP contribution >= 0.6 is 11.8 Å². The molecule has 0 aromatic rings. The maximum atomic E-state index is 11.9. The lowest BCUT2D eigenvalue weighted by Crippen LogP contribution is -2.47.